The smallest absolute Gasteiger partial charge is 0.238 e. The van der Waals surface area contributed by atoms with E-state index in [2.05, 4.69) is 28.8 Å². The number of rotatable bonds is 4. The van der Waals surface area contributed by atoms with E-state index in [-0.39, 0.29) is 5.91 Å². The molecule has 0 radical (unpaired) electrons. The molecule has 5 rings (SSSR count). The van der Waals surface area contributed by atoms with Crippen LogP contribution in [0.15, 0.2) is 51.2 Å². The summed E-state index contributed by atoms with van der Waals surface area (Å²) in [6, 6.07) is 13.7. The maximum atomic E-state index is 12.6. The Morgan fingerprint density at radius 2 is 2.00 bits per heavy atom. The van der Waals surface area contributed by atoms with Crippen molar-refractivity contribution >= 4 is 51.3 Å². The lowest BCUT2D eigenvalue weighted by atomic mass is 10.2. The molecular formula is C20H21N7OS. The topological polar surface area (TPSA) is 89.0 Å². The van der Waals surface area contributed by atoms with E-state index < -0.39 is 0 Å². The van der Waals surface area contributed by atoms with E-state index in [1.165, 1.54) is 0 Å². The Bertz CT molecular complexity index is 1100. The van der Waals surface area contributed by atoms with Gasteiger partial charge in [0.25, 0.3) is 0 Å². The van der Waals surface area contributed by atoms with Gasteiger partial charge in [-0.15, -0.1) is 0 Å². The third-order valence-electron chi connectivity index (χ3n) is 5.19. The molecule has 148 valence electrons. The second kappa shape index (κ2) is 7.76. The fraction of sp³-hybridized carbons (Fsp3) is 0.300. The number of nitrogens with zero attached hydrogens (tertiary/aromatic N) is 5. The molecule has 0 aliphatic carbocycles. The number of aromatic amines is 1. The van der Waals surface area contributed by atoms with Gasteiger partial charge in [0, 0.05) is 26.2 Å². The number of aromatic nitrogens is 2. The van der Waals surface area contributed by atoms with Crippen molar-refractivity contribution in [3.63, 3.8) is 0 Å². The zero-order valence-electron chi connectivity index (χ0n) is 15.8. The number of fused-ring (bicyclic) bond motifs is 2. The predicted molar refractivity (Wildman–Crippen MR) is 116 cm³/mol. The first-order valence-corrected chi connectivity index (χ1v) is 10.4. The van der Waals surface area contributed by atoms with Gasteiger partial charge in [0.05, 0.1) is 34.6 Å². The second-order valence-corrected chi connectivity index (χ2v) is 7.71. The predicted octanol–water partition coefficient (Wildman–Crippen LogP) is 3.44. The van der Waals surface area contributed by atoms with Crippen molar-refractivity contribution in [3.05, 3.63) is 42.5 Å². The van der Waals surface area contributed by atoms with Gasteiger partial charge < -0.3 is 15.2 Å². The second-order valence-electron chi connectivity index (χ2n) is 7.18. The minimum Gasteiger partial charge on any atom is -0.341 e. The Labute approximate surface area is 171 Å². The van der Waals surface area contributed by atoms with E-state index in [0.717, 1.165) is 78.0 Å². The van der Waals surface area contributed by atoms with Gasteiger partial charge >= 0.3 is 0 Å². The zero-order chi connectivity index (χ0) is 19.6. The van der Waals surface area contributed by atoms with E-state index in [4.69, 9.17) is 4.98 Å². The normalized spacial score (nSPS) is 16.5. The van der Waals surface area contributed by atoms with Crippen LogP contribution in [0.1, 0.15) is 6.42 Å². The Kier molecular flexibility index (Phi) is 4.82. The molecule has 2 aliphatic rings. The number of H-pyrrole nitrogens is 1. The lowest BCUT2D eigenvalue weighted by Crippen LogP contribution is -2.36. The largest absolute Gasteiger partial charge is 0.341 e. The third-order valence-corrected chi connectivity index (χ3v) is 5.73. The Balaban J connectivity index is 1.20. The van der Waals surface area contributed by atoms with E-state index in [0.29, 0.717) is 6.54 Å². The average Bonchev–Trinajstić information content (AvgIpc) is 3.31. The van der Waals surface area contributed by atoms with Gasteiger partial charge in [-0.1, -0.05) is 18.2 Å². The zero-order valence-corrected chi connectivity index (χ0v) is 16.7. The van der Waals surface area contributed by atoms with Crippen molar-refractivity contribution in [2.24, 2.45) is 8.73 Å². The number of carbonyl (C=O) groups is 1. The molecule has 29 heavy (non-hydrogen) atoms. The van der Waals surface area contributed by atoms with Crippen LogP contribution in [0.25, 0.3) is 11.0 Å². The maximum Gasteiger partial charge on any atom is 0.238 e. The summed E-state index contributed by atoms with van der Waals surface area (Å²) in [5.41, 5.74) is 4.31. The molecule has 2 aliphatic heterocycles. The van der Waals surface area contributed by atoms with Crippen LogP contribution in [0.4, 0.5) is 23.0 Å². The Morgan fingerprint density at radius 3 is 2.93 bits per heavy atom. The summed E-state index contributed by atoms with van der Waals surface area (Å²) in [5.74, 6) is 0.878. The number of anilines is 2. The molecule has 0 bridgehead atoms. The van der Waals surface area contributed by atoms with Gasteiger partial charge in [-0.3, -0.25) is 9.69 Å². The molecule has 2 N–H and O–H groups in total. The van der Waals surface area contributed by atoms with Crippen LogP contribution in [0.5, 0.6) is 0 Å². The van der Waals surface area contributed by atoms with E-state index in [9.17, 15) is 4.79 Å². The van der Waals surface area contributed by atoms with Crippen molar-refractivity contribution in [1.29, 1.82) is 0 Å². The highest BCUT2D eigenvalue weighted by Crippen LogP contribution is 2.38. The quantitative estimate of drug-likeness (QED) is 0.542. The van der Waals surface area contributed by atoms with E-state index >= 15 is 0 Å². The molecule has 9 heteroatoms. The molecule has 1 amide bonds. The van der Waals surface area contributed by atoms with Crippen LogP contribution in [0, 0.1) is 0 Å². The Hall–Kier alpha value is -3.04. The molecule has 1 saturated heterocycles. The van der Waals surface area contributed by atoms with Crippen LogP contribution in [-0.2, 0) is 16.1 Å². The van der Waals surface area contributed by atoms with Gasteiger partial charge in [-0.05, 0) is 30.7 Å². The average molecular weight is 408 g/mol. The summed E-state index contributed by atoms with van der Waals surface area (Å²) in [6.45, 7) is 3.81. The summed E-state index contributed by atoms with van der Waals surface area (Å²) < 4.78 is 8.50. The number of hydrogen-bond donors (Lipinski definition) is 2. The maximum absolute atomic E-state index is 12.6. The highest BCUT2D eigenvalue weighted by atomic mass is 32.1. The van der Waals surface area contributed by atoms with Crippen molar-refractivity contribution in [2.75, 3.05) is 42.9 Å². The molecule has 2 aromatic carbocycles. The van der Waals surface area contributed by atoms with Crippen LogP contribution in [0.2, 0.25) is 0 Å². The molecule has 0 unspecified atom stereocenters. The highest BCUT2D eigenvalue weighted by molar-refractivity contribution is 7.58. The first-order valence-electron chi connectivity index (χ1n) is 9.69. The van der Waals surface area contributed by atoms with Crippen LogP contribution in [0.3, 0.4) is 0 Å². The first-order chi connectivity index (χ1) is 14.3. The van der Waals surface area contributed by atoms with Crippen molar-refractivity contribution in [2.45, 2.75) is 6.42 Å². The summed E-state index contributed by atoms with van der Waals surface area (Å²) >= 11 is 1.16. The molecule has 3 heterocycles. The van der Waals surface area contributed by atoms with Gasteiger partial charge in [-0.25, -0.2) is 4.98 Å². The van der Waals surface area contributed by atoms with E-state index in [1.54, 1.807) is 0 Å². The summed E-state index contributed by atoms with van der Waals surface area (Å²) in [5, 5.41) is 2.99. The third kappa shape index (κ3) is 3.79. The van der Waals surface area contributed by atoms with Crippen LogP contribution >= 0.6 is 0 Å². The molecule has 0 spiro atoms. The summed E-state index contributed by atoms with van der Waals surface area (Å²) in [7, 11) is 0. The van der Waals surface area contributed by atoms with Gasteiger partial charge in [0.2, 0.25) is 11.9 Å². The molecule has 0 saturated carbocycles. The van der Waals surface area contributed by atoms with Gasteiger partial charge in [0.15, 0.2) is 0 Å². The number of imidazole rings is 1. The molecule has 1 aromatic heterocycles. The lowest BCUT2D eigenvalue weighted by Gasteiger charge is -2.21. The highest BCUT2D eigenvalue weighted by Gasteiger charge is 2.20. The lowest BCUT2D eigenvalue weighted by molar-refractivity contribution is -0.117. The number of amides is 1. The number of para-hydroxylation sites is 2. The van der Waals surface area contributed by atoms with Crippen LogP contribution < -0.4 is 10.2 Å². The summed E-state index contributed by atoms with van der Waals surface area (Å²) in [4.78, 5) is 25.2. The van der Waals surface area contributed by atoms with Crippen molar-refractivity contribution in [1.82, 2.24) is 14.9 Å². The number of hydrogen-bond acceptors (Lipinski definition) is 6. The van der Waals surface area contributed by atoms with Crippen LogP contribution in [-0.4, -0.2) is 53.5 Å². The number of benzene rings is 2. The molecular weight excluding hydrogens is 386 g/mol. The molecule has 0 atom stereocenters. The standard InChI is InChI=1S/C20H21N7OS/c28-18(21-16-7-3-8-17-19(16)25-29-24-17)13-26-9-4-10-27(12-11-26)20-22-14-5-1-2-6-15(14)23-20/h1-3,5-8H,4,9-13H2,(H,21,28)(H,22,23). The number of nitrogens with one attached hydrogen (secondary N) is 2. The fourth-order valence-corrected chi connectivity index (χ4v) is 4.28. The molecule has 8 nitrogen and oxygen atoms in total. The Morgan fingerprint density at radius 1 is 1.07 bits per heavy atom. The minimum atomic E-state index is -0.0253. The van der Waals surface area contributed by atoms with E-state index in [1.807, 2.05) is 42.5 Å². The minimum absolute atomic E-state index is 0.0253. The van der Waals surface area contributed by atoms with Crippen molar-refractivity contribution < 1.29 is 4.79 Å². The summed E-state index contributed by atoms with van der Waals surface area (Å²) in [6.07, 6.45) is 0.982. The van der Waals surface area contributed by atoms with Gasteiger partial charge in [0.1, 0.15) is 11.4 Å². The molecule has 3 aromatic rings. The van der Waals surface area contributed by atoms with Gasteiger partial charge in [-0.2, -0.15) is 8.73 Å². The fourth-order valence-electron chi connectivity index (χ4n) is 3.73. The first kappa shape index (κ1) is 18.0. The molecule has 1 fully saturated rings. The monoisotopic (exact) mass is 407 g/mol. The SMILES string of the molecule is O=C(CN1CCCN(c2nc3ccccc3[nH]2)CC1)Nc1cccc2c1N=S=N2. The van der Waals surface area contributed by atoms with Crippen molar-refractivity contribution in [3.8, 4) is 0 Å². The number of carbonyl (C=O) groups excluding carboxylic acids is 1.